The Balaban J connectivity index is 1.38. The molecule has 3 aliphatic rings. The van der Waals surface area contributed by atoms with E-state index in [-0.39, 0.29) is 47.5 Å². The number of fused-ring (bicyclic) bond motifs is 1. The van der Waals surface area contributed by atoms with Crippen LogP contribution in [0.1, 0.15) is 44.2 Å². The number of ether oxygens (including phenoxy) is 1. The molecule has 2 aromatic rings. The number of nitrogens with one attached hydrogen (secondary N) is 2. The van der Waals surface area contributed by atoms with Crippen molar-refractivity contribution in [3.05, 3.63) is 12.2 Å². The van der Waals surface area contributed by atoms with Crippen LogP contribution in [0, 0.1) is 11.8 Å². The van der Waals surface area contributed by atoms with Crippen molar-refractivity contribution >= 4 is 28.9 Å². The topological polar surface area (TPSA) is 181 Å². The fraction of sp³-hybridized carbons (Fsp3) is 0.591. The molecule has 6 N–H and O–H groups in total. The van der Waals surface area contributed by atoms with Crippen molar-refractivity contribution in [3.63, 3.8) is 0 Å². The molecule has 3 heterocycles. The van der Waals surface area contributed by atoms with Crippen LogP contribution in [0.15, 0.2) is 6.33 Å². The van der Waals surface area contributed by atoms with Gasteiger partial charge >= 0.3 is 6.03 Å². The van der Waals surface area contributed by atoms with Gasteiger partial charge in [-0.15, -0.1) is 0 Å². The summed E-state index contributed by atoms with van der Waals surface area (Å²) in [4.78, 5) is 39.1. The van der Waals surface area contributed by atoms with Gasteiger partial charge in [-0.2, -0.15) is 0 Å². The molecular weight excluding hydrogens is 456 g/mol. The van der Waals surface area contributed by atoms with Gasteiger partial charge in [-0.25, -0.2) is 19.7 Å². The van der Waals surface area contributed by atoms with E-state index < -0.39 is 30.4 Å². The SMILES string of the molecule is CNC(=O)N(CC#Cc1nc(N)c2ncn([C@@H]3O[C@H](C(=O)NC4CC4)[C@@H](O)[C@H]3O)c2n1)C1CCC1. The molecule has 3 amide bonds. The third kappa shape index (κ3) is 4.47. The van der Waals surface area contributed by atoms with E-state index in [1.165, 1.54) is 10.9 Å². The Bertz CT molecular complexity index is 1200. The molecule has 3 fully saturated rings. The second-order valence-electron chi connectivity index (χ2n) is 9.04. The summed E-state index contributed by atoms with van der Waals surface area (Å²) in [6.45, 7) is 0.208. The van der Waals surface area contributed by atoms with Gasteiger partial charge in [-0.3, -0.25) is 9.36 Å². The van der Waals surface area contributed by atoms with Crippen LogP contribution in [0.2, 0.25) is 0 Å². The Morgan fingerprint density at radius 1 is 1.26 bits per heavy atom. The number of nitrogens with two attached hydrogens (primary N) is 1. The van der Waals surface area contributed by atoms with Gasteiger partial charge < -0.3 is 36.2 Å². The smallest absolute Gasteiger partial charge is 0.318 e. The molecule has 2 aliphatic carbocycles. The summed E-state index contributed by atoms with van der Waals surface area (Å²) >= 11 is 0. The second kappa shape index (κ2) is 9.29. The number of urea groups is 1. The molecular formula is C22H28N8O5. The van der Waals surface area contributed by atoms with Crippen molar-refractivity contribution in [1.29, 1.82) is 0 Å². The summed E-state index contributed by atoms with van der Waals surface area (Å²) in [5, 5.41) is 26.4. The van der Waals surface area contributed by atoms with Crippen molar-refractivity contribution in [2.75, 3.05) is 19.3 Å². The molecule has 0 unspecified atom stereocenters. The molecule has 0 bridgehead atoms. The average molecular weight is 485 g/mol. The Morgan fingerprint density at radius 2 is 2.03 bits per heavy atom. The first-order valence-corrected chi connectivity index (χ1v) is 11.7. The third-order valence-electron chi connectivity index (χ3n) is 6.58. The molecule has 186 valence electrons. The van der Waals surface area contributed by atoms with Gasteiger partial charge in [-0.05, 0) is 38.0 Å². The Morgan fingerprint density at radius 3 is 2.69 bits per heavy atom. The van der Waals surface area contributed by atoms with E-state index in [2.05, 4.69) is 37.4 Å². The molecule has 4 atom stereocenters. The summed E-state index contributed by atoms with van der Waals surface area (Å²) in [5.74, 6) is 5.49. The number of aliphatic hydroxyl groups excluding tert-OH is 2. The van der Waals surface area contributed by atoms with Crippen LogP contribution in [-0.4, -0.2) is 90.6 Å². The molecule has 1 saturated heterocycles. The van der Waals surface area contributed by atoms with E-state index in [9.17, 15) is 19.8 Å². The first-order valence-electron chi connectivity index (χ1n) is 11.7. The van der Waals surface area contributed by atoms with Crippen LogP contribution < -0.4 is 16.4 Å². The van der Waals surface area contributed by atoms with Crippen molar-refractivity contribution in [2.45, 2.75) is 68.7 Å². The van der Waals surface area contributed by atoms with Crippen molar-refractivity contribution in [1.82, 2.24) is 35.1 Å². The van der Waals surface area contributed by atoms with Gasteiger partial charge in [-0.1, -0.05) is 5.92 Å². The predicted molar refractivity (Wildman–Crippen MR) is 123 cm³/mol. The molecule has 1 aliphatic heterocycles. The molecule has 35 heavy (non-hydrogen) atoms. The van der Waals surface area contributed by atoms with Crippen molar-refractivity contribution in [2.24, 2.45) is 0 Å². The largest absolute Gasteiger partial charge is 0.387 e. The summed E-state index contributed by atoms with van der Waals surface area (Å²) in [6.07, 6.45) is 0.946. The van der Waals surface area contributed by atoms with E-state index >= 15 is 0 Å². The molecule has 13 heteroatoms. The van der Waals surface area contributed by atoms with Crippen molar-refractivity contribution < 1.29 is 24.5 Å². The molecule has 2 saturated carbocycles. The molecule has 13 nitrogen and oxygen atoms in total. The number of carbonyl (C=O) groups is 2. The summed E-state index contributed by atoms with van der Waals surface area (Å²) in [7, 11) is 1.58. The first-order chi connectivity index (χ1) is 16.9. The zero-order chi connectivity index (χ0) is 24.7. The second-order valence-corrected chi connectivity index (χ2v) is 9.04. The minimum Gasteiger partial charge on any atom is -0.387 e. The average Bonchev–Trinajstić information content (AvgIpc) is 3.44. The fourth-order valence-corrected chi connectivity index (χ4v) is 4.21. The maximum Gasteiger partial charge on any atom is 0.318 e. The first kappa shape index (κ1) is 23.3. The lowest BCUT2D eigenvalue weighted by Gasteiger charge is -2.35. The van der Waals surface area contributed by atoms with Gasteiger partial charge in [0.1, 0.15) is 17.7 Å². The lowest BCUT2D eigenvalue weighted by atomic mass is 9.92. The van der Waals surface area contributed by atoms with E-state index in [1.807, 2.05) is 0 Å². The highest BCUT2D eigenvalue weighted by atomic mass is 16.6. The van der Waals surface area contributed by atoms with Gasteiger partial charge in [0.15, 0.2) is 23.8 Å². The number of imidazole rings is 1. The quantitative estimate of drug-likeness (QED) is 0.327. The number of aliphatic hydroxyl groups is 2. The zero-order valence-corrected chi connectivity index (χ0v) is 19.2. The highest BCUT2D eigenvalue weighted by Crippen LogP contribution is 2.33. The lowest BCUT2D eigenvalue weighted by molar-refractivity contribution is -0.137. The Hall–Kier alpha value is -3.47. The van der Waals surface area contributed by atoms with E-state index in [0.29, 0.717) is 0 Å². The minimum atomic E-state index is -1.42. The van der Waals surface area contributed by atoms with E-state index in [4.69, 9.17) is 10.5 Å². The van der Waals surface area contributed by atoms with Crippen molar-refractivity contribution in [3.8, 4) is 11.8 Å². The normalized spacial score (nSPS) is 26.0. The molecule has 5 rings (SSSR count). The van der Waals surface area contributed by atoms with Crippen LogP contribution >= 0.6 is 0 Å². The number of carbonyl (C=O) groups excluding carboxylic acids is 2. The minimum absolute atomic E-state index is 0.0799. The number of aromatic nitrogens is 4. The van der Waals surface area contributed by atoms with Gasteiger partial charge in [0.25, 0.3) is 5.91 Å². The molecule has 0 spiro atoms. The Kier molecular flexibility index (Phi) is 6.18. The lowest BCUT2D eigenvalue weighted by Crippen LogP contribution is -2.48. The number of rotatable bonds is 5. The maximum absolute atomic E-state index is 12.4. The van der Waals surface area contributed by atoms with Gasteiger partial charge in [0.05, 0.1) is 12.9 Å². The molecule has 0 radical (unpaired) electrons. The highest BCUT2D eigenvalue weighted by molar-refractivity contribution is 5.83. The number of hydrogen-bond donors (Lipinski definition) is 5. The maximum atomic E-state index is 12.4. The summed E-state index contributed by atoms with van der Waals surface area (Å²) in [6, 6.07) is 0.0571. The van der Waals surface area contributed by atoms with E-state index in [0.717, 1.165) is 32.1 Å². The monoisotopic (exact) mass is 484 g/mol. The van der Waals surface area contributed by atoms with Crippen LogP contribution in [0.4, 0.5) is 10.6 Å². The van der Waals surface area contributed by atoms with Crippen LogP contribution in [0.25, 0.3) is 11.2 Å². The number of anilines is 1. The standard InChI is InChI=1S/C22H28N8O5/c1-24-22(34)29(12-4-2-5-12)9-3-6-13-27-18(23)14-19(28-13)30(10-25-14)21-16(32)15(31)17(35-21)20(33)26-11-7-8-11/h10-12,15-17,21,31-32H,2,4-5,7-9H2,1H3,(H,24,34)(H,26,33)(H2,23,27,28)/t15-,16+,17-,21+/m0/s1. The molecule has 0 aromatic carbocycles. The molecule has 2 aromatic heterocycles. The Labute approximate surface area is 201 Å². The summed E-state index contributed by atoms with van der Waals surface area (Å²) < 4.78 is 7.13. The summed E-state index contributed by atoms with van der Waals surface area (Å²) in [5.41, 5.74) is 6.57. The third-order valence-corrected chi connectivity index (χ3v) is 6.58. The van der Waals surface area contributed by atoms with Crippen LogP contribution in [0.5, 0.6) is 0 Å². The van der Waals surface area contributed by atoms with Crippen LogP contribution in [0.3, 0.4) is 0 Å². The van der Waals surface area contributed by atoms with E-state index in [1.54, 1.807) is 11.9 Å². The predicted octanol–water partition coefficient (Wildman–Crippen LogP) is -1.15. The fourth-order valence-electron chi connectivity index (χ4n) is 4.21. The number of hydrogen-bond acceptors (Lipinski definition) is 9. The van der Waals surface area contributed by atoms with Gasteiger partial charge in [0, 0.05) is 19.1 Å². The highest BCUT2D eigenvalue weighted by Gasteiger charge is 2.48. The van der Waals surface area contributed by atoms with Gasteiger partial charge in [0.2, 0.25) is 5.82 Å². The number of nitrogen functional groups attached to an aromatic ring is 1. The number of nitrogens with zero attached hydrogens (tertiary/aromatic N) is 5. The number of amides is 3. The van der Waals surface area contributed by atoms with Crippen LogP contribution in [-0.2, 0) is 9.53 Å². The zero-order valence-electron chi connectivity index (χ0n) is 19.2.